The van der Waals surface area contributed by atoms with Crippen LogP contribution in [0.5, 0.6) is 0 Å². The summed E-state index contributed by atoms with van der Waals surface area (Å²) in [5.74, 6) is 0. The maximum absolute atomic E-state index is 9.54. The molecule has 2 heterocycles. The van der Waals surface area contributed by atoms with Crippen LogP contribution in [0.2, 0.25) is 10.1 Å². The van der Waals surface area contributed by atoms with Gasteiger partial charge >= 0.3 is 8.56 Å². The average Bonchev–Trinajstić information content (AvgIpc) is 2.83. The van der Waals surface area contributed by atoms with Crippen LogP contribution in [0.25, 0.3) is 10.4 Å². The van der Waals surface area contributed by atoms with Crippen molar-refractivity contribution < 1.29 is 23.1 Å². The molecule has 1 aromatic carbocycles. The van der Waals surface area contributed by atoms with Crippen LogP contribution in [0, 0.1) is 0 Å². The summed E-state index contributed by atoms with van der Waals surface area (Å²) in [6.07, 6.45) is 3.58. The first-order valence-electron chi connectivity index (χ1n) is 13.4. The summed E-state index contributed by atoms with van der Waals surface area (Å²) in [5, 5.41) is 3.81. The lowest BCUT2D eigenvalue weighted by molar-refractivity contribution is -0.295. The minimum Gasteiger partial charge on any atom is -0.391 e. The Bertz CT molecular complexity index is 892. The summed E-state index contributed by atoms with van der Waals surface area (Å²) >= 11 is 0. The normalized spacial score (nSPS) is 31.3. The van der Waals surface area contributed by atoms with Crippen LogP contribution >= 0.6 is 0 Å². The van der Waals surface area contributed by atoms with Gasteiger partial charge in [-0.3, -0.25) is 0 Å². The number of hydrogen-bond donors (Lipinski definition) is 0. The van der Waals surface area contributed by atoms with Gasteiger partial charge in [-0.25, -0.2) is 0 Å². The number of hydrogen-bond acceptors (Lipinski definition) is 6. The molecule has 0 bridgehead atoms. The van der Waals surface area contributed by atoms with Crippen molar-refractivity contribution in [2.45, 2.75) is 127 Å². The van der Waals surface area contributed by atoms with Gasteiger partial charge in [-0.05, 0) is 23.9 Å². The molecule has 0 unspecified atom stereocenters. The molecule has 2 aliphatic heterocycles. The molecule has 2 saturated heterocycles. The fraction of sp³-hybridized carbons (Fsp3) is 0.778. The predicted molar refractivity (Wildman–Crippen MR) is 141 cm³/mol. The standard InChI is InChI=1S/C27H43N3O5Si/c1-26(2,3)36(27(4,5)6)32-18-21-23(35-36)24(31-17-19-13-9-7-10-14-19)22(29-30-28)25(34-21)33-20-15-11-8-12-16-20/h7,9-10,13-14,20-25H,8,11-12,15-18H2,1-6H3/t21-,22-,23+,24-,25-/m1/s1. The highest BCUT2D eigenvalue weighted by atomic mass is 28.4. The van der Waals surface area contributed by atoms with Crippen LogP contribution in [-0.4, -0.2) is 51.9 Å². The maximum Gasteiger partial charge on any atom is 0.349 e. The molecule has 1 aromatic rings. The minimum atomic E-state index is -2.80. The van der Waals surface area contributed by atoms with Crippen molar-refractivity contribution in [2.75, 3.05) is 6.61 Å². The van der Waals surface area contributed by atoms with Gasteiger partial charge in [0.1, 0.15) is 18.2 Å². The molecule has 0 N–H and O–H groups in total. The molecular weight excluding hydrogens is 474 g/mol. The molecular formula is C27H43N3O5Si. The first-order chi connectivity index (χ1) is 17.1. The Morgan fingerprint density at radius 2 is 1.69 bits per heavy atom. The highest BCUT2D eigenvalue weighted by Gasteiger charge is 2.65. The second kappa shape index (κ2) is 11.1. The van der Waals surface area contributed by atoms with Crippen molar-refractivity contribution in [1.82, 2.24) is 0 Å². The van der Waals surface area contributed by atoms with Gasteiger partial charge in [-0.2, -0.15) is 0 Å². The molecule has 3 aliphatic rings. The van der Waals surface area contributed by atoms with Gasteiger partial charge in [-0.15, -0.1) is 0 Å². The maximum atomic E-state index is 9.54. The van der Waals surface area contributed by atoms with Crippen molar-refractivity contribution in [3.8, 4) is 0 Å². The lowest BCUT2D eigenvalue weighted by Crippen LogP contribution is -2.71. The quantitative estimate of drug-likeness (QED) is 0.179. The molecule has 4 rings (SSSR count). The highest BCUT2D eigenvalue weighted by Crippen LogP contribution is 2.55. The fourth-order valence-electron chi connectivity index (χ4n) is 6.15. The predicted octanol–water partition coefficient (Wildman–Crippen LogP) is 6.78. The van der Waals surface area contributed by atoms with E-state index in [0.29, 0.717) is 13.2 Å². The van der Waals surface area contributed by atoms with E-state index in [1.54, 1.807) is 0 Å². The number of ether oxygens (including phenoxy) is 3. The number of nitrogens with zero attached hydrogens (tertiary/aromatic N) is 3. The lowest BCUT2D eigenvalue weighted by Gasteiger charge is -2.58. The van der Waals surface area contributed by atoms with Gasteiger partial charge in [0.2, 0.25) is 0 Å². The summed E-state index contributed by atoms with van der Waals surface area (Å²) in [4.78, 5) is 3.19. The summed E-state index contributed by atoms with van der Waals surface area (Å²) in [5.41, 5.74) is 10.6. The Balaban J connectivity index is 1.67. The van der Waals surface area contributed by atoms with Gasteiger partial charge < -0.3 is 23.1 Å². The summed E-state index contributed by atoms with van der Waals surface area (Å²) in [7, 11) is -2.80. The Morgan fingerprint density at radius 1 is 1.03 bits per heavy atom. The third-order valence-corrected chi connectivity index (χ3v) is 12.8. The molecule has 9 heteroatoms. The summed E-state index contributed by atoms with van der Waals surface area (Å²) in [6.45, 7) is 13.9. The van der Waals surface area contributed by atoms with Crippen LogP contribution in [0.1, 0.15) is 79.2 Å². The molecule has 1 saturated carbocycles. The molecule has 5 atom stereocenters. The first kappa shape index (κ1) is 27.6. The average molecular weight is 518 g/mol. The van der Waals surface area contributed by atoms with E-state index in [1.165, 1.54) is 6.42 Å². The zero-order valence-electron chi connectivity index (χ0n) is 22.7. The monoisotopic (exact) mass is 517 g/mol. The Hall–Kier alpha value is -1.45. The summed E-state index contributed by atoms with van der Waals surface area (Å²) < 4.78 is 33.2. The molecule has 0 aromatic heterocycles. The largest absolute Gasteiger partial charge is 0.391 e. The van der Waals surface area contributed by atoms with Gasteiger partial charge in [0, 0.05) is 15.0 Å². The number of benzene rings is 1. The minimum absolute atomic E-state index is 0.0921. The van der Waals surface area contributed by atoms with E-state index >= 15 is 0 Å². The van der Waals surface area contributed by atoms with Crippen molar-refractivity contribution in [2.24, 2.45) is 5.11 Å². The first-order valence-corrected chi connectivity index (χ1v) is 15.2. The smallest absolute Gasteiger partial charge is 0.349 e. The molecule has 36 heavy (non-hydrogen) atoms. The molecule has 0 spiro atoms. The molecule has 200 valence electrons. The van der Waals surface area contributed by atoms with E-state index in [4.69, 9.17) is 23.1 Å². The van der Waals surface area contributed by atoms with Crippen LogP contribution in [0.15, 0.2) is 35.4 Å². The molecule has 1 aliphatic carbocycles. The van der Waals surface area contributed by atoms with Crippen LogP contribution < -0.4 is 0 Å². The van der Waals surface area contributed by atoms with E-state index in [-0.39, 0.29) is 22.3 Å². The zero-order valence-corrected chi connectivity index (χ0v) is 23.7. The van der Waals surface area contributed by atoms with E-state index in [9.17, 15) is 5.53 Å². The van der Waals surface area contributed by atoms with E-state index in [0.717, 1.165) is 31.2 Å². The van der Waals surface area contributed by atoms with Crippen LogP contribution in [-0.2, 0) is 29.7 Å². The topological polar surface area (TPSA) is 94.9 Å². The van der Waals surface area contributed by atoms with Crippen molar-refractivity contribution in [3.63, 3.8) is 0 Å². The SMILES string of the molecule is CC(C)(C)[Si]1(C(C)(C)C)OC[C@H]2O[C@@H](OC3CCCCC3)[C@H](N=[N+]=[N-])[C@@H](OCc3ccccc3)[C@H]2O1. The Kier molecular flexibility index (Phi) is 8.51. The zero-order chi connectivity index (χ0) is 26.0. The molecule has 0 radical (unpaired) electrons. The third-order valence-electron chi connectivity index (χ3n) is 7.69. The van der Waals surface area contributed by atoms with Crippen molar-refractivity contribution >= 4 is 8.56 Å². The highest BCUT2D eigenvalue weighted by molar-refractivity contribution is 6.73. The second-order valence-corrected chi connectivity index (χ2v) is 17.2. The molecule has 3 fully saturated rings. The van der Waals surface area contributed by atoms with E-state index < -0.39 is 33.1 Å². The van der Waals surface area contributed by atoms with Gasteiger partial charge in [0.05, 0.1) is 25.4 Å². The Labute approximate surface area is 216 Å². The van der Waals surface area contributed by atoms with Gasteiger partial charge in [0.15, 0.2) is 6.29 Å². The van der Waals surface area contributed by atoms with Gasteiger partial charge in [-0.1, -0.05) is 96.3 Å². The Morgan fingerprint density at radius 3 is 2.31 bits per heavy atom. The number of rotatable bonds is 6. The van der Waals surface area contributed by atoms with Crippen LogP contribution in [0.3, 0.4) is 0 Å². The van der Waals surface area contributed by atoms with Crippen LogP contribution in [0.4, 0.5) is 0 Å². The van der Waals surface area contributed by atoms with E-state index in [1.807, 2.05) is 30.3 Å². The van der Waals surface area contributed by atoms with E-state index in [2.05, 4.69) is 51.6 Å². The molecule has 8 nitrogen and oxygen atoms in total. The number of fused-ring (bicyclic) bond motifs is 1. The second-order valence-electron chi connectivity index (χ2n) is 12.4. The lowest BCUT2D eigenvalue weighted by atomic mass is 9.95. The fourth-order valence-corrected chi connectivity index (χ4v) is 11.1. The third kappa shape index (κ3) is 5.68. The van der Waals surface area contributed by atoms with Crippen molar-refractivity contribution in [1.29, 1.82) is 0 Å². The van der Waals surface area contributed by atoms with Crippen molar-refractivity contribution in [3.05, 3.63) is 46.3 Å². The van der Waals surface area contributed by atoms with Gasteiger partial charge in [0.25, 0.3) is 0 Å². The molecule has 0 amide bonds. The summed E-state index contributed by atoms with van der Waals surface area (Å²) in [6, 6.07) is 9.37. The number of azide groups is 1.